The molecule has 0 aromatic heterocycles. The van der Waals surface area contributed by atoms with Gasteiger partial charge in [0.05, 0.1) is 0 Å². The average molecular weight is 332 g/mol. The third-order valence-electron chi connectivity index (χ3n) is 3.55. The van der Waals surface area contributed by atoms with Crippen molar-refractivity contribution in [2.45, 2.75) is 26.0 Å². The number of nitrogens with one attached hydrogen (secondary N) is 1. The van der Waals surface area contributed by atoms with Gasteiger partial charge in [-0.1, -0.05) is 45.8 Å². The molecule has 1 aliphatic heterocycles. The lowest BCUT2D eigenvalue weighted by atomic mass is 10.1. The van der Waals surface area contributed by atoms with Gasteiger partial charge in [0.15, 0.2) is 0 Å². The molecular weight excluding hydrogens is 314 g/mol. The highest BCUT2D eigenvalue weighted by Crippen LogP contribution is 2.29. The Kier molecular flexibility index (Phi) is 4.08. The number of hydrogen-bond donors (Lipinski definition) is 1. The Morgan fingerprint density at radius 3 is 3.00 bits per heavy atom. The van der Waals surface area contributed by atoms with Gasteiger partial charge in [-0.05, 0) is 36.2 Å². The van der Waals surface area contributed by atoms with Gasteiger partial charge in [-0.15, -0.1) is 0 Å². The van der Waals surface area contributed by atoms with Crippen LogP contribution in [0.1, 0.15) is 16.7 Å². The third kappa shape index (κ3) is 3.22. The largest absolute Gasteiger partial charge is 0.488 e. The van der Waals surface area contributed by atoms with Crippen LogP contribution in [0, 0.1) is 6.92 Å². The lowest BCUT2D eigenvalue weighted by molar-refractivity contribution is 0.227. The summed E-state index contributed by atoms with van der Waals surface area (Å²) in [6.45, 7) is 3.87. The maximum atomic E-state index is 5.95. The minimum absolute atomic E-state index is 0.249. The predicted octanol–water partition coefficient (Wildman–Crippen LogP) is 3.85. The standard InChI is InChI=1S/C17H18BrNO/c1-12-5-6-17-14(7-12)9-16(20-17)11-19-10-13-3-2-4-15(18)8-13/h2-8,16,19H,9-11H2,1H3. The van der Waals surface area contributed by atoms with Crippen molar-refractivity contribution in [2.24, 2.45) is 0 Å². The molecule has 0 fully saturated rings. The first kappa shape index (κ1) is 13.7. The van der Waals surface area contributed by atoms with Crippen molar-refractivity contribution in [3.05, 3.63) is 63.6 Å². The zero-order valence-electron chi connectivity index (χ0n) is 11.5. The molecule has 1 atom stereocenters. The zero-order valence-corrected chi connectivity index (χ0v) is 13.1. The van der Waals surface area contributed by atoms with Gasteiger partial charge < -0.3 is 10.1 Å². The molecule has 0 amide bonds. The fourth-order valence-corrected chi connectivity index (χ4v) is 3.03. The Morgan fingerprint density at radius 2 is 2.15 bits per heavy atom. The van der Waals surface area contributed by atoms with E-state index in [0.29, 0.717) is 0 Å². The molecule has 1 N–H and O–H groups in total. The summed E-state index contributed by atoms with van der Waals surface area (Å²) in [7, 11) is 0. The van der Waals surface area contributed by atoms with Crippen molar-refractivity contribution in [2.75, 3.05) is 6.54 Å². The third-order valence-corrected chi connectivity index (χ3v) is 4.04. The monoisotopic (exact) mass is 331 g/mol. The van der Waals surface area contributed by atoms with E-state index in [9.17, 15) is 0 Å². The summed E-state index contributed by atoms with van der Waals surface area (Å²) < 4.78 is 7.07. The first-order valence-electron chi connectivity index (χ1n) is 6.92. The Hall–Kier alpha value is -1.32. The van der Waals surface area contributed by atoms with Crippen LogP contribution in [0.25, 0.3) is 0 Å². The van der Waals surface area contributed by atoms with Crippen molar-refractivity contribution in [3.8, 4) is 5.75 Å². The first-order chi connectivity index (χ1) is 9.70. The number of fused-ring (bicyclic) bond motifs is 1. The predicted molar refractivity (Wildman–Crippen MR) is 85.1 cm³/mol. The summed E-state index contributed by atoms with van der Waals surface area (Å²) in [5.41, 5.74) is 3.92. The topological polar surface area (TPSA) is 21.3 Å². The van der Waals surface area contributed by atoms with Gasteiger partial charge in [-0.3, -0.25) is 0 Å². The second-order valence-electron chi connectivity index (χ2n) is 5.32. The molecule has 0 bridgehead atoms. The Labute approximate surface area is 128 Å². The molecule has 2 aromatic carbocycles. The molecule has 1 heterocycles. The second kappa shape index (κ2) is 5.98. The number of rotatable bonds is 4. The first-order valence-corrected chi connectivity index (χ1v) is 7.71. The molecule has 1 aliphatic rings. The molecule has 3 heteroatoms. The van der Waals surface area contributed by atoms with Crippen LogP contribution >= 0.6 is 15.9 Å². The minimum Gasteiger partial charge on any atom is -0.488 e. The molecule has 2 aromatic rings. The summed E-state index contributed by atoms with van der Waals surface area (Å²) in [5.74, 6) is 1.05. The average Bonchev–Trinajstić information content (AvgIpc) is 2.80. The molecule has 0 radical (unpaired) electrons. The molecule has 3 rings (SSSR count). The van der Waals surface area contributed by atoms with E-state index in [0.717, 1.165) is 29.7 Å². The van der Waals surface area contributed by atoms with Crippen LogP contribution in [0.3, 0.4) is 0 Å². The molecule has 2 nitrogen and oxygen atoms in total. The number of ether oxygens (including phenoxy) is 1. The van der Waals surface area contributed by atoms with Gasteiger partial charge in [-0.25, -0.2) is 0 Å². The van der Waals surface area contributed by atoms with Gasteiger partial charge in [0.1, 0.15) is 11.9 Å². The van der Waals surface area contributed by atoms with Crippen LogP contribution in [-0.4, -0.2) is 12.6 Å². The van der Waals surface area contributed by atoms with Crippen molar-refractivity contribution in [3.63, 3.8) is 0 Å². The Bertz CT molecular complexity index is 612. The van der Waals surface area contributed by atoms with E-state index in [1.807, 2.05) is 6.07 Å². The number of benzene rings is 2. The molecule has 1 unspecified atom stereocenters. The van der Waals surface area contributed by atoms with Crippen LogP contribution in [0.5, 0.6) is 5.75 Å². The molecule has 0 aliphatic carbocycles. The Morgan fingerprint density at radius 1 is 1.25 bits per heavy atom. The quantitative estimate of drug-likeness (QED) is 0.918. The van der Waals surface area contributed by atoms with Crippen LogP contribution in [0.4, 0.5) is 0 Å². The van der Waals surface area contributed by atoms with Crippen LogP contribution in [-0.2, 0) is 13.0 Å². The normalized spacial score (nSPS) is 16.8. The van der Waals surface area contributed by atoms with Crippen LogP contribution in [0.15, 0.2) is 46.9 Å². The van der Waals surface area contributed by atoms with Gasteiger partial charge in [0.25, 0.3) is 0 Å². The number of halogens is 1. The molecule has 0 saturated heterocycles. The lowest BCUT2D eigenvalue weighted by Crippen LogP contribution is -2.29. The second-order valence-corrected chi connectivity index (χ2v) is 6.23. The lowest BCUT2D eigenvalue weighted by Gasteiger charge is -2.12. The van der Waals surface area contributed by atoms with E-state index < -0.39 is 0 Å². The SMILES string of the molecule is Cc1ccc2c(c1)CC(CNCc1cccc(Br)c1)O2. The van der Waals surface area contributed by atoms with Crippen molar-refractivity contribution >= 4 is 15.9 Å². The number of aryl methyl sites for hydroxylation is 1. The van der Waals surface area contributed by atoms with E-state index in [1.165, 1.54) is 16.7 Å². The van der Waals surface area contributed by atoms with E-state index in [2.05, 4.69) is 64.6 Å². The highest BCUT2D eigenvalue weighted by Gasteiger charge is 2.22. The van der Waals surface area contributed by atoms with Crippen LogP contribution in [0.2, 0.25) is 0 Å². The molecular formula is C17H18BrNO. The van der Waals surface area contributed by atoms with E-state index in [-0.39, 0.29) is 6.10 Å². The van der Waals surface area contributed by atoms with E-state index in [4.69, 9.17) is 4.74 Å². The minimum atomic E-state index is 0.249. The highest BCUT2D eigenvalue weighted by atomic mass is 79.9. The van der Waals surface area contributed by atoms with Gasteiger partial charge in [0, 0.05) is 24.0 Å². The van der Waals surface area contributed by atoms with Crippen molar-refractivity contribution in [1.29, 1.82) is 0 Å². The van der Waals surface area contributed by atoms with E-state index in [1.54, 1.807) is 0 Å². The van der Waals surface area contributed by atoms with Gasteiger partial charge >= 0.3 is 0 Å². The smallest absolute Gasteiger partial charge is 0.123 e. The van der Waals surface area contributed by atoms with Crippen molar-refractivity contribution < 1.29 is 4.74 Å². The summed E-state index contributed by atoms with van der Waals surface area (Å²) in [6.07, 6.45) is 1.25. The molecule has 0 saturated carbocycles. The highest BCUT2D eigenvalue weighted by molar-refractivity contribution is 9.10. The summed E-state index contributed by atoms with van der Waals surface area (Å²) >= 11 is 3.49. The van der Waals surface area contributed by atoms with Gasteiger partial charge in [0.2, 0.25) is 0 Å². The molecule has 104 valence electrons. The summed E-state index contributed by atoms with van der Waals surface area (Å²) in [5, 5.41) is 3.47. The fourth-order valence-electron chi connectivity index (χ4n) is 2.59. The Balaban J connectivity index is 1.51. The van der Waals surface area contributed by atoms with Crippen molar-refractivity contribution in [1.82, 2.24) is 5.32 Å². The molecule has 0 spiro atoms. The number of hydrogen-bond acceptors (Lipinski definition) is 2. The zero-order chi connectivity index (χ0) is 13.9. The maximum Gasteiger partial charge on any atom is 0.123 e. The van der Waals surface area contributed by atoms with Crippen LogP contribution < -0.4 is 10.1 Å². The van der Waals surface area contributed by atoms with Gasteiger partial charge in [-0.2, -0.15) is 0 Å². The van der Waals surface area contributed by atoms with E-state index >= 15 is 0 Å². The summed E-state index contributed by atoms with van der Waals surface area (Å²) in [4.78, 5) is 0. The summed E-state index contributed by atoms with van der Waals surface area (Å²) in [6, 6.07) is 14.8. The maximum absolute atomic E-state index is 5.95. The molecule has 20 heavy (non-hydrogen) atoms. The fraction of sp³-hybridized carbons (Fsp3) is 0.294.